The molecule has 3 heterocycles. The van der Waals surface area contributed by atoms with Gasteiger partial charge in [-0.2, -0.15) is 5.26 Å². The number of nitrogens with one attached hydrogen (secondary N) is 2. The number of pyridine rings is 1. The fourth-order valence-electron chi connectivity index (χ4n) is 2.50. The van der Waals surface area contributed by atoms with Crippen molar-refractivity contribution in [3.8, 4) is 28.6 Å². The summed E-state index contributed by atoms with van der Waals surface area (Å²) >= 11 is 0. The lowest BCUT2D eigenvalue weighted by Crippen LogP contribution is -1.99. The number of aryl methyl sites for hydroxylation is 1. The van der Waals surface area contributed by atoms with Crippen molar-refractivity contribution in [2.45, 2.75) is 26.2 Å². The smallest absolute Gasteiger partial charge is 0.142 e. The van der Waals surface area contributed by atoms with Crippen LogP contribution in [0, 0.1) is 11.3 Å². The van der Waals surface area contributed by atoms with E-state index in [0.717, 1.165) is 47.6 Å². The van der Waals surface area contributed by atoms with Gasteiger partial charge >= 0.3 is 0 Å². The highest BCUT2D eigenvalue weighted by Crippen LogP contribution is 2.30. The van der Waals surface area contributed by atoms with Crippen LogP contribution in [0.1, 0.15) is 31.2 Å². The average molecular weight is 306 g/mol. The monoisotopic (exact) mass is 306 g/mol. The molecule has 0 atom stereocenters. The number of rotatable bonds is 5. The van der Waals surface area contributed by atoms with Crippen molar-refractivity contribution in [3.05, 3.63) is 42.1 Å². The fraction of sp³-hybridized carbons (Fsp3) is 0.235. The van der Waals surface area contributed by atoms with Crippen molar-refractivity contribution < 1.29 is 0 Å². The summed E-state index contributed by atoms with van der Waals surface area (Å²) in [5, 5.41) is 9.42. The van der Waals surface area contributed by atoms with Crippen LogP contribution in [0.25, 0.3) is 22.5 Å². The molecule has 0 fully saturated rings. The lowest BCUT2D eigenvalue weighted by atomic mass is 10.0. The standard InChI is InChI=1S/C17H18N6/c1-2-3-4-16-21-10-15(22-16)12-7-14(11-5-6-20-9-11)23-17(19)13(12)8-18/h5-7,9-10,20H,2-4H2,1H3,(H2,19,23)(H,21,22). The number of anilines is 1. The van der Waals surface area contributed by atoms with E-state index in [1.165, 1.54) is 0 Å². The fourth-order valence-corrected chi connectivity index (χ4v) is 2.50. The summed E-state index contributed by atoms with van der Waals surface area (Å²) in [5.41, 5.74) is 9.52. The molecule has 0 aliphatic carbocycles. The number of unbranched alkanes of at least 4 members (excludes halogenated alkanes) is 1. The number of hydrogen-bond acceptors (Lipinski definition) is 4. The van der Waals surface area contributed by atoms with Crippen LogP contribution in [-0.2, 0) is 6.42 Å². The Morgan fingerprint density at radius 2 is 2.26 bits per heavy atom. The minimum absolute atomic E-state index is 0.228. The Morgan fingerprint density at radius 1 is 1.39 bits per heavy atom. The Balaban J connectivity index is 2.06. The summed E-state index contributed by atoms with van der Waals surface area (Å²) in [4.78, 5) is 15.0. The largest absolute Gasteiger partial charge is 0.383 e. The number of nitrogens with two attached hydrogens (primary N) is 1. The molecule has 0 aliphatic heterocycles. The van der Waals surface area contributed by atoms with Crippen molar-refractivity contribution in [2.24, 2.45) is 0 Å². The lowest BCUT2D eigenvalue weighted by molar-refractivity contribution is 0.763. The highest BCUT2D eigenvalue weighted by molar-refractivity contribution is 5.78. The van der Waals surface area contributed by atoms with Gasteiger partial charge in [-0.1, -0.05) is 13.3 Å². The third kappa shape index (κ3) is 2.94. The number of H-pyrrole nitrogens is 2. The van der Waals surface area contributed by atoms with Crippen LogP contribution in [0.4, 0.5) is 5.82 Å². The minimum atomic E-state index is 0.228. The third-order valence-corrected chi connectivity index (χ3v) is 3.74. The quantitative estimate of drug-likeness (QED) is 0.672. The first kappa shape index (κ1) is 14.9. The lowest BCUT2D eigenvalue weighted by Gasteiger charge is -2.07. The molecule has 0 bridgehead atoms. The summed E-state index contributed by atoms with van der Waals surface area (Å²) in [6.07, 6.45) is 8.50. The predicted molar refractivity (Wildman–Crippen MR) is 89.3 cm³/mol. The highest BCUT2D eigenvalue weighted by Gasteiger charge is 2.15. The van der Waals surface area contributed by atoms with E-state index < -0.39 is 0 Å². The Kier molecular flexibility index (Phi) is 4.11. The average Bonchev–Trinajstić information content (AvgIpc) is 3.23. The van der Waals surface area contributed by atoms with Crippen molar-refractivity contribution in [1.29, 1.82) is 5.26 Å². The van der Waals surface area contributed by atoms with Crippen LogP contribution in [-0.4, -0.2) is 19.9 Å². The van der Waals surface area contributed by atoms with E-state index in [9.17, 15) is 5.26 Å². The number of aromatic amines is 2. The van der Waals surface area contributed by atoms with Gasteiger partial charge in [-0.15, -0.1) is 0 Å². The summed E-state index contributed by atoms with van der Waals surface area (Å²) < 4.78 is 0. The van der Waals surface area contributed by atoms with Gasteiger partial charge in [0.05, 0.1) is 17.6 Å². The number of nitriles is 1. The second-order valence-corrected chi connectivity index (χ2v) is 5.37. The molecule has 0 saturated heterocycles. The summed E-state index contributed by atoms with van der Waals surface area (Å²) in [6, 6.07) is 5.93. The molecule has 0 saturated carbocycles. The summed E-state index contributed by atoms with van der Waals surface area (Å²) in [7, 11) is 0. The van der Waals surface area contributed by atoms with Gasteiger partial charge in [0.1, 0.15) is 23.3 Å². The molecular formula is C17H18N6. The molecule has 0 amide bonds. The van der Waals surface area contributed by atoms with Crippen LogP contribution in [0.15, 0.2) is 30.7 Å². The predicted octanol–water partition coefficient (Wildman–Crippen LogP) is 3.26. The zero-order chi connectivity index (χ0) is 16.2. The molecule has 0 unspecified atom stereocenters. The summed E-state index contributed by atoms with van der Waals surface area (Å²) in [6.45, 7) is 2.14. The maximum Gasteiger partial charge on any atom is 0.142 e. The second-order valence-electron chi connectivity index (χ2n) is 5.37. The molecule has 0 spiro atoms. The SMILES string of the molecule is CCCCc1ncc(-c2cc(-c3cc[nH]c3)nc(N)c2C#N)[nH]1. The first-order valence-electron chi connectivity index (χ1n) is 7.61. The number of aromatic nitrogens is 4. The van der Waals surface area contributed by atoms with Gasteiger partial charge in [0.2, 0.25) is 0 Å². The molecular weight excluding hydrogens is 288 g/mol. The van der Waals surface area contributed by atoms with E-state index in [1.54, 1.807) is 6.20 Å². The van der Waals surface area contributed by atoms with E-state index >= 15 is 0 Å². The van der Waals surface area contributed by atoms with Crippen molar-refractivity contribution in [2.75, 3.05) is 5.73 Å². The molecule has 3 aromatic rings. The van der Waals surface area contributed by atoms with Gasteiger partial charge in [0.15, 0.2) is 0 Å². The van der Waals surface area contributed by atoms with Gasteiger partial charge in [0, 0.05) is 29.9 Å². The van der Waals surface area contributed by atoms with E-state index in [4.69, 9.17) is 5.73 Å². The summed E-state index contributed by atoms with van der Waals surface area (Å²) in [5.74, 6) is 1.15. The molecule has 4 N–H and O–H groups in total. The normalized spacial score (nSPS) is 10.6. The Labute approximate surface area is 134 Å². The second kappa shape index (κ2) is 6.36. The Hall–Kier alpha value is -3.07. The van der Waals surface area contributed by atoms with Crippen LogP contribution in [0.5, 0.6) is 0 Å². The molecule has 3 rings (SSSR count). The van der Waals surface area contributed by atoms with Gasteiger partial charge in [0.25, 0.3) is 0 Å². The molecule has 23 heavy (non-hydrogen) atoms. The van der Waals surface area contributed by atoms with Crippen molar-refractivity contribution in [3.63, 3.8) is 0 Å². The number of nitrogen functional groups attached to an aromatic ring is 1. The van der Waals surface area contributed by atoms with Crippen LogP contribution in [0.3, 0.4) is 0 Å². The topological polar surface area (TPSA) is 107 Å². The maximum atomic E-state index is 9.42. The van der Waals surface area contributed by atoms with Crippen molar-refractivity contribution in [1.82, 2.24) is 19.9 Å². The Bertz CT molecular complexity index is 839. The molecule has 0 aromatic carbocycles. The Morgan fingerprint density at radius 3 is 2.96 bits per heavy atom. The number of nitrogens with zero attached hydrogens (tertiary/aromatic N) is 3. The van der Waals surface area contributed by atoms with Crippen LogP contribution >= 0.6 is 0 Å². The molecule has 3 aromatic heterocycles. The molecule has 0 aliphatic rings. The molecule has 6 nitrogen and oxygen atoms in total. The molecule has 116 valence electrons. The van der Waals surface area contributed by atoms with Crippen LogP contribution < -0.4 is 5.73 Å². The van der Waals surface area contributed by atoms with E-state index in [1.807, 2.05) is 24.5 Å². The van der Waals surface area contributed by atoms with Gasteiger partial charge in [-0.25, -0.2) is 9.97 Å². The molecule has 6 heteroatoms. The highest BCUT2D eigenvalue weighted by atomic mass is 14.9. The van der Waals surface area contributed by atoms with Gasteiger partial charge in [-0.3, -0.25) is 0 Å². The zero-order valence-electron chi connectivity index (χ0n) is 12.9. The first-order valence-corrected chi connectivity index (χ1v) is 7.61. The van der Waals surface area contributed by atoms with Gasteiger partial charge < -0.3 is 15.7 Å². The maximum absolute atomic E-state index is 9.42. The van der Waals surface area contributed by atoms with Crippen LogP contribution in [0.2, 0.25) is 0 Å². The number of imidazole rings is 1. The first-order chi connectivity index (χ1) is 11.2. The zero-order valence-corrected chi connectivity index (χ0v) is 12.9. The molecule has 0 radical (unpaired) electrons. The van der Waals surface area contributed by atoms with Crippen molar-refractivity contribution >= 4 is 5.82 Å². The van der Waals surface area contributed by atoms with E-state index in [2.05, 4.69) is 32.9 Å². The van der Waals surface area contributed by atoms with Gasteiger partial charge in [-0.05, 0) is 18.6 Å². The minimum Gasteiger partial charge on any atom is -0.383 e. The van der Waals surface area contributed by atoms with E-state index in [0.29, 0.717) is 5.56 Å². The third-order valence-electron chi connectivity index (χ3n) is 3.74. The van der Waals surface area contributed by atoms with E-state index in [-0.39, 0.29) is 5.82 Å². The number of hydrogen-bond donors (Lipinski definition) is 3.